The Labute approximate surface area is 214 Å². The van der Waals surface area contributed by atoms with Crippen molar-refractivity contribution >= 4 is 23.5 Å². The number of aliphatic hydroxyl groups excluding tert-OH is 1. The summed E-state index contributed by atoms with van der Waals surface area (Å²) in [6, 6.07) is 5.73. The smallest absolute Gasteiger partial charge is 0.255 e. The third-order valence-electron chi connectivity index (χ3n) is 7.22. The second kappa shape index (κ2) is 10.5. The molecule has 2 aliphatic heterocycles. The number of carbonyl (C=O) groups is 2. The fourth-order valence-electron chi connectivity index (χ4n) is 4.94. The van der Waals surface area contributed by atoms with E-state index in [1.165, 1.54) is 30.0 Å². The van der Waals surface area contributed by atoms with Crippen molar-refractivity contribution in [2.75, 3.05) is 31.6 Å². The Kier molecular flexibility index (Phi) is 7.12. The number of nitrogens with zero attached hydrogens (tertiary/aromatic N) is 4. The number of amides is 2. The van der Waals surface area contributed by atoms with Gasteiger partial charge in [0.1, 0.15) is 5.52 Å². The van der Waals surface area contributed by atoms with Crippen molar-refractivity contribution < 1.29 is 23.8 Å². The number of nitrogens with one attached hydrogen (secondary N) is 1. The first-order valence-electron chi connectivity index (χ1n) is 12.7. The number of rotatable bonds is 5. The highest BCUT2D eigenvalue weighted by Gasteiger charge is 2.29. The van der Waals surface area contributed by atoms with Gasteiger partial charge in [0.05, 0.1) is 17.9 Å². The molecule has 0 spiro atoms. The van der Waals surface area contributed by atoms with Crippen LogP contribution in [0.15, 0.2) is 30.6 Å². The molecule has 0 bridgehead atoms. The minimum atomic E-state index is -0.504. The zero-order valence-electron chi connectivity index (χ0n) is 21.1. The Balaban J connectivity index is 0.000000503. The van der Waals surface area contributed by atoms with Crippen LogP contribution in [0.5, 0.6) is 11.5 Å². The highest BCUT2D eigenvalue weighted by Crippen LogP contribution is 2.37. The summed E-state index contributed by atoms with van der Waals surface area (Å²) >= 11 is 0. The summed E-state index contributed by atoms with van der Waals surface area (Å²) in [6.45, 7) is 3.17. The van der Waals surface area contributed by atoms with E-state index in [1.807, 2.05) is 7.05 Å². The predicted molar refractivity (Wildman–Crippen MR) is 137 cm³/mol. The number of β-amino-alcohol motifs (C(OH)–C–C–N with tert-alkyl or cyclic N) is 1. The Morgan fingerprint density at radius 1 is 1.22 bits per heavy atom. The third kappa shape index (κ3) is 5.03. The molecule has 0 radical (unpaired) electrons. The molecular weight excluding hydrogens is 477 g/mol. The van der Waals surface area contributed by atoms with E-state index in [9.17, 15) is 14.7 Å². The van der Waals surface area contributed by atoms with Crippen molar-refractivity contribution in [2.45, 2.75) is 51.2 Å². The normalized spacial score (nSPS) is 18.9. The van der Waals surface area contributed by atoms with Gasteiger partial charge in [-0.1, -0.05) is 0 Å². The maximum absolute atomic E-state index is 15.3. The number of benzene rings is 1. The van der Waals surface area contributed by atoms with Gasteiger partial charge in [-0.3, -0.25) is 9.59 Å². The molecule has 3 aliphatic rings. The summed E-state index contributed by atoms with van der Waals surface area (Å²) in [4.78, 5) is 27.4. The summed E-state index contributed by atoms with van der Waals surface area (Å²) in [7, 11) is 2.01. The van der Waals surface area contributed by atoms with Crippen LogP contribution in [0.25, 0.3) is 5.52 Å². The molecule has 10 heteroatoms. The molecule has 196 valence electrons. The molecule has 1 saturated carbocycles. The fraction of sp³-hybridized carbons (Fsp3) is 0.444. The number of anilines is 1. The van der Waals surface area contributed by atoms with Crippen molar-refractivity contribution in [2.24, 2.45) is 0 Å². The minimum absolute atomic E-state index is 0.0562. The number of likely N-dealkylation sites (tertiary alicyclic amines) is 1. The van der Waals surface area contributed by atoms with Gasteiger partial charge in [-0.05, 0) is 63.8 Å². The maximum atomic E-state index is 15.3. The van der Waals surface area contributed by atoms with Crippen LogP contribution in [0.3, 0.4) is 0 Å². The number of carbonyl (C=O) groups excluding carboxylic acids is 2. The van der Waals surface area contributed by atoms with Crippen LogP contribution in [0.4, 0.5) is 10.1 Å². The summed E-state index contributed by atoms with van der Waals surface area (Å²) in [5.41, 5.74) is 2.74. The summed E-state index contributed by atoms with van der Waals surface area (Å²) in [5.74, 6) is -0.236. The van der Waals surface area contributed by atoms with E-state index in [-0.39, 0.29) is 11.7 Å². The number of ether oxygens (including phenoxy) is 1. The molecule has 37 heavy (non-hydrogen) atoms. The van der Waals surface area contributed by atoms with E-state index in [2.05, 4.69) is 10.4 Å². The van der Waals surface area contributed by atoms with Crippen molar-refractivity contribution in [3.05, 3.63) is 53.1 Å². The van der Waals surface area contributed by atoms with Gasteiger partial charge in [-0.15, -0.1) is 0 Å². The maximum Gasteiger partial charge on any atom is 0.255 e. The first-order chi connectivity index (χ1) is 17.9. The standard InChI is InChI=1S/C23H23FN4O4.C4H9N/c1-14-17(23(31)26-10-7-15(30)11-26)12-28-22(14)20(6-8-25-28)32-19-5-4-18-16(21(19)24)3-2-9-27(18)13-29;1-5-4-2-3-4/h4-6,8,12-13,15,30H,2-3,7,9-11H2,1H3;4-5H,2-3H2,1H3. The lowest BCUT2D eigenvalue weighted by Gasteiger charge is -2.26. The quantitative estimate of drug-likeness (QED) is 0.513. The third-order valence-corrected chi connectivity index (χ3v) is 7.22. The molecule has 2 amide bonds. The van der Waals surface area contributed by atoms with Gasteiger partial charge < -0.3 is 25.0 Å². The van der Waals surface area contributed by atoms with Crippen LogP contribution in [-0.4, -0.2) is 70.8 Å². The van der Waals surface area contributed by atoms with Gasteiger partial charge in [0.15, 0.2) is 17.3 Å². The molecule has 9 nitrogen and oxygen atoms in total. The highest BCUT2D eigenvalue weighted by atomic mass is 19.1. The number of aryl methyl sites for hydroxylation is 1. The van der Waals surface area contributed by atoms with E-state index in [0.29, 0.717) is 79.0 Å². The zero-order chi connectivity index (χ0) is 26.1. The molecular formula is C27H32FN5O4. The first kappa shape index (κ1) is 25.2. The van der Waals surface area contributed by atoms with Crippen LogP contribution in [0.2, 0.25) is 0 Å². The van der Waals surface area contributed by atoms with Crippen molar-refractivity contribution in [3.63, 3.8) is 0 Å². The first-order valence-corrected chi connectivity index (χ1v) is 12.7. The minimum Gasteiger partial charge on any atom is -0.452 e. The van der Waals surface area contributed by atoms with Crippen LogP contribution < -0.4 is 15.0 Å². The lowest BCUT2D eigenvalue weighted by Crippen LogP contribution is -2.29. The number of aromatic nitrogens is 2. The molecule has 2 N–H and O–H groups in total. The van der Waals surface area contributed by atoms with Crippen molar-refractivity contribution in [1.82, 2.24) is 19.8 Å². The molecule has 1 aliphatic carbocycles. The second-order valence-electron chi connectivity index (χ2n) is 9.79. The Morgan fingerprint density at radius 2 is 2.03 bits per heavy atom. The van der Waals surface area contributed by atoms with Gasteiger partial charge >= 0.3 is 0 Å². The van der Waals surface area contributed by atoms with Crippen LogP contribution in [-0.2, 0) is 11.2 Å². The van der Waals surface area contributed by atoms with Crippen molar-refractivity contribution in [1.29, 1.82) is 0 Å². The van der Waals surface area contributed by atoms with E-state index in [0.717, 1.165) is 6.04 Å². The average molecular weight is 510 g/mol. The lowest BCUT2D eigenvalue weighted by molar-refractivity contribution is -0.107. The Hall–Kier alpha value is -3.50. The largest absolute Gasteiger partial charge is 0.452 e. The van der Waals surface area contributed by atoms with Crippen LogP contribution >= 0.6 is 0 Å². The SMILES string of the molecule is CNC1CC1.Cc1c(C(=O)N2CCC(O)C2)cn2nccc(Oc3ccc4c(c3F)CCCN4C=O)c12. The zero-order valence-corrected chi connectivity index (χ0v) is 21.1. The molecule has 6 rings (SSSR count). The van der Waals surface area contributed by atoms with Gasteiger partial charge in [-0.25, -0.2) is 8.91 Å². The topological polar surface area (TPSA) is 99.4 Å². The predicted octanol–water partition coefficient (Wildman–Crippen LogP) is 3.06. The molecule has 1 aromatic carbocycles. The molecule has 1 saturated heterocycles. The van der Waals surface area contributed by atoms with Gasteiger partial charge in [0.2, 0.25) is 6.41 Å². The molecule has 1 unspecified atom stereocenters. The van der Waals surface area contributed by atoms with Gasteiger partial charge in [0.25, 0.3) is 5.91 Å². The molecule has 1 atom stereocenters. The average Bonchev–Trinajstić information content (AvgIpc) is 3.57. The monoisotopic (exact) mass is 509 g/mol. The number of hydrogen-bond acceptors (Lipinski definition) is 6. The molecule has 2 fully saturated rings. The Morgan fingerprint density at radius 3 is 2.68 bits per heavy atom. The number of halogens is 1. The van der Waals surface area contributed by atoms with Gasteiger partial charge in [-0.2, -0.15) is 5.10 Å². The highest BCUT2D eigenvalue weighted by molar-refractivity contribution is 5.98. The van der Waals surface area contributed by atoms with Gasteiger partial charge in [0, 0.05) is 49.2 Å². The molecule has 2 aromatic heterocycles. The number of fused-ring (bicyclic) bond motifs is 2. The lowest BCUT2D eigenvalue weighted by atomic mass is 10.0. The summed E-state index contributed by atoms with van der Waals surface area (Å²) in [6.07, 6.45) is 7.94. The summed E-state index contributed by atoms with van der Waals surface area (Å²) < 4.78 is 22.8. The number of aliphatic hydroxyl groups is 1. The fourth-order valence-corrected chi connectivity index (χ4v) is 4.94. The molecule has 3 aromatic rings. The summed E-state index contributed by atoms with van der Waals surface area (Å²) in [5, 5.41) is 17.2. The van der Waals surface area contributed by atoms with Crippen LogP contribution in [0, 0.1) is 12.7 Å². The Bertz CT molecular complexity index is 1320. The molecule has 4 heterocycles. The second-order valence-corrected chi connectivity index (χ2v) is 9.79. The van der Waals surface area contributed by atoms with Crippen molar-refractivity contribution in [3.8, 4) is 11.5 Å². The number of hydrogen-bond donors (Lipinski definition) is 2. The van der Waals surface area contributed by atoms with Crippen LogP contribution in [0.1, 0.15) is 47.2 Å². The van der Waals surface area contributed by atoms with E-state index < -0.39 is 11.9 Å². The van der Waals surface area contributed by atoms with E-state index >= 15 is 4.39 Å². The van der Waals surface area contributed by atoms with E-state index in [4.69, 9.17) is 4.74 Å². The van der Waals surface area contributed by atoms with E-state index in [1.54, 1.807) is 34.7 Å².